The summed E-state index contributed by atoms with van der Waals surface area (Å²) in [6.07, 6.45) is 26.4. The van der Waals surface area contributed by atoms with Crippen LogP contribution in [0, 0.1) is 13.8 Å². The lowest BCUT2D eigenvalue weighted by Crippen LogP contribution is -2.12. The van der Waals surface area contributed by atoms with Crippen LogP contribution in [-0.2, 0) is 0 Å². The molecule has 0 aliphatic heterocycles. The molecule has 2 heteroatoms. The Morgan fingerprint density at radius 2 is 0.651 bits per heavy atom. The zero-order valence-corrected chi connectivity index (χ0v) is 49.4. The molecule has 0 saturated heterocycles. The molecule has 2 nitrogen and oxygen atoms in total. The lowest BCUT2D eigenvalue weighted by atomic mass is 9.83. The maximum atomic E-state index is 2.53. The van der Waals surface area contributed by atoms with Gasteiger partial charge in [-0.25, -0.2) is 0 Å². The Balaban J connectivity index is 0.940. The van der Waals surface area contributed by atoms with Gasteiger partial charge in [-0.05, 0) is 197 Å². The Bertz CT molecular complexity index is 4730. The third-order valence-electron chi connectivity index (χ3n) is 18.5. The van der Waals surface area contributed by atoms with Crippen molar-refractivity contribution < 1.29 is 0 Å². The number of hydrogen-bond donors (Lipinski definition) is 0. The van der Waals surface area contributed by atoms with Gasteiger partial charge in [0.15, 0.2) is 0 Å². The molecular formula is C84H70N2. The number of rotatable bonds is 12. The van der Waals surface area contributed by atoms with E-state index in [1.807, 2.05) is 0 Å². The maximum Gasteiger partial charge on any atom is 0.0619 e. The molecule has 0 radical (unpaired) electrons. The van der Waals surface area contributed by atoms with E-state index in [9.17, 15) is 0 Å². The average molecular weight is 1110 g/mol. The lowest BCUT2D eigenvalue weighted by molar-refractivity contribution is 0.602. The van der Waals surface area contributed by atoms with Crippen molar-refractivity contribution in [3.8, 4) is 0 Å². The molecule has 0 spiro atoms. The van der Waals surface area contributed by atoms with E-state index in [4.69, 9.17) is 0 Å². The fourth-order valence-corrected chi connectivity index (χ4v) is 14.0. The van der Waals surface area contributed by atoms with Crippen LogP contribution in [0.3, 0.4) is 0 Å². The topological polar surface area (TPSA) is 6.48 Å². The third-order valence-corrected chi connectivity index (χ3v) is 18.5. The van der Waals surface area contributed by atoms with E-state index in [2.05, 4.69) is 291 Å². The molecule has 0 unspecified atom stereocenters. The van der Waals surface area contributed by atoms with Crippen molar-refractivity contribution in [3.05, 3.63) is 286 Å². The van der Waals surface area contributed by atoms with Crippen LogP contribution in [-0.4, -0.2) is 0 Å². The smallest absolute Gasteiger partial charge is 0.0619 e. The van der Waals surface area contributed by atoms with E-state index in [1.165, 1.54) is 168 Å². The van der Waals surface area contributed by atoms with Crippen LogP contribution in [0.5, 0.6) is 0 Å². The Morgan fingerprint density at radius 1 is 0.279 bits per heavy atom. The summed E-state index contributed by atoms with van der Waals surface area (Å²) in [4.78, 5) is 5.03. The first kappa shape index (κ1) is 53.0. The van der Waals surface area contributed by atoms with Crippen molar-refractivity contribution in [3.63, 3.8) is 0 Å². The number of nitrogens with zero attached hydrogens (tertiary/aromatic N) is 2. The van der Waals surface area contributed by atoms with Crippen molar-refractivity contribution in [2.24, 2.45) is 0 Å². The standard InChI is InChI=1S/C84H70N2/c1-57-24-28-59(29-25-57)32-34-61-36-44-68(45-37-61)85(69-48-40-65(41-49-69)54-63-14-5-3-6-15-63)79-53-52-76-81-73-20-11-12-21-74(73)84(77-23-13-22-75(82(77)81)80-72-19-10-9-18-67(72)56-78(79)83(76)80)86(71-50-42-66(43-51-71)55-64-16-7-4-8-17-64)70-46-38-62(39-47-70)35-33-60-30-26-58(2)27-31-60/h9-13,18-56H,3-8,14-17H2,1-2H3. The second-order valence-electron chi connectivity index (χ2n) is 24.3. The van der Waals surface area contributed by atoms with E-state index in [-0.39, 0.29) is 0 Å². The first-order chi connectivity index (χ1) is 42.4. The molecule has 13 aromatic carbocycles. The molecule has 13 aromatic rings. The van der Waals surface area contributed by atoms with E-state index in [0.29, 0.717) is 0 Å². The Hall–Kier alpha value is -9.76. The highest BCUT2D eigenvalue weighted by Crippen LogP contribution is 2.54. The van der Waals surface area contributed by atoms with Gasteiger partial charge < -0.3 is 9.80 Å². The van der Waals surface area contributed by atoms with Crippen LogP contribution in [0.2, 0.25) is 0 Å². The van der Waals surface area contributed by atoms with Gasteiger partial charge in [-0.3, -0.25) is 0 Å². The Kier molecular flexibility index (Phi) is 14.2. The maximum absolute atomic E-state index is 2.53. The van der Waals surface area contributed by atoms with Crippen LogP contribution < -0.4 is 9.80 Å². The molecular weight excluding hydrogens is 1040 g/mol. The molecule has 0 aromatic heterocycles. The van der Waals surface area contributed by atoms with Crippen LogP contribution >= 0.6 is 0 Å². The molecule has 416 valence electrons. The van der Waals surface area contributed by atoms with Gasteiger partial charge in [-0.15, -0.1) is 0 Å². The number of hydrogen-bond acceptors (Lipinski definition) is 2. The van der Waals surface area contributed by atoms with Gasteiger partial charge >= 0.3 is 0 Å². The van der Waals surface area contributed by atoms with Crippen molar-refractivity contribution >= 4 is 135 Å². The summed E-state index contributed by atoms with van der Waals surface area (Å²) in [5.74, 6) is 0. The van der Waals surface area contributed by atoms with Gasteiger partial charge in [0.2, 0.25) is 0 Å². The number of fused-ring (bicyclic) bond motifs is 6. The predicted octanol–water partition coefficient (Wildman–Crippen LogP) is 24.6. The summed E-state index contributed by atoms with van der Waals surface area (Å²) in [7, 11) is 0. The second kappa shape index (κ2) is 23.0. The highest BCUT2D eigenvalue weighted by Gasteiger charge is 2.27. The Labute approximate surface area is 506 Å². The quantitative estimate of drug-likeness (QED) is 0.0683. The molecule has 0 N–H and O–H groups in total. The highest BCUT2D eigenvalue weighted by molar-refractivity contribution is 6.44. The van der Waals surface area contributed by atoms with Crippen LogP contribution in [0.4, 0.5) is 34.1 Å². The minimum atomic E-state index is 1.11. The SMILES string of the molecule is Cc1ccc(C=Cc2ccc(N(c3ccc(C=C4CCCCC4)cc3)c3ccc4c5c3cc3ccccc3c5c3cccc5c(N(c6ccc(C=Cc7ccc(C)cc7)cc6)c6ccc(C=C7CCCCC7)cc6)c6ccccc6c4c53)cc2)cc1. The number of benzene rings is 13. The van der Waals surface area contributed by atoms with Crippen LogP contribution in [0.25, 0.3) is 101 Å². The summed E-state index contributed by atoms with van der Waals surface area (Å²) in [5.41, 5.74) is 19.8. The zero-order chi connectivity index (χ0) is 57.5. The summed E-state index contributed by atoms with van der Waals surface area (Å²) in [6, 6.07) is 87.1. The van der Waals surface area contributed by atoms with Crippen molar-refractivity contribution in [2.75, 3.05) is 9.80 Å². The number of anilines is 6. The van der Waals surface area contributed by atoms with Gasteiger partial charge in [0.1, 0.15) is 0 Å². The van der Waals surface area contributed by atoms with E-state index < -0.39 is 0 Å². The molecule has 2 saturated carbocycles. The largest absolute Gasteiger partial charge is 0.310 e. The Morgan fingerprint density at radius 3 is 1.16 bits per heavy atom. The molecule has 0 atom stereocenters. The first-order valence-corrected chi connectivity index (χ1v) is 31.3. The zero-order valence-electron chi connectivity index (χ0n) is 49.4. The molecule has 86 heavy (non-hydrogen) atoms. The van der Waals surface area contributed by atoms with Gasteiger partial charge in [-0.2, -0.15) is 0 Å². The summed E-state index contributed by atoms with van der Waals surface area (Å²) >= 11 is 0. The first-order valence-electron chi connectivity index (χ1n) is 31.3. The normalized spacial score (nSPS) is 14.0. The summed E-state index contributed by atoms with van der Waals surface area (Å²) in [5, 5.41) is 15.1. The van der Waals surface area contributed by atoms with Crippen molar-refractivity contribution in [2.45, 2.75) is 78.1 Å². The minimum absolute atomic E-state index is 1.11. The van der Waals surface area contributed by atoms with Gasteiger partial charge in [0.05, 0.1) is 11.4 Å². The number of allylic oxidation sites excluding steroid dienone is 2. The van der Waals surface area contributed by atoms with Gasteiger partial charge in [-0.1, -0.05) is 241 Å². The van der Waals surface area contributed by atoms with E-state index in [0.717, 1.165) is 39.6 Å². The molecule has 0 amide bonds. The molecule has 0 bridgehead atoms. The highest BCUT2D eigenvalue weighted by atomic mass is 15.2. The second-order valence-corrected chi connectivity index (χ2v) is 24.3. The average Bonchev–Trinajstić information content (AvgIpc) is 0.751. The monoisotopic (exact) mass is 1110 g/mol. The van der Waals surface area contributed by atoms with E-state index >= 15 is 0 Å². The molecule has 2 aliphatic carbocycles. The minimum Gasteiger partial charge on any atom is -0.310 e. The van der Waals surface area contributed by atoms with Crippen molar-refractivity contribution in [1.82, 2.24) is 0 Å². The summed E-state index contributed by atoms with van der Waals surface area (Å²) in [6.45, 7) is 4.28. The molecule has 0 heterocycles. The van der Waals surface area contributed by atoms with Gasteiger partial charge in [0, 0.05) is 49.7 Å². The van der Waals surface area contributed by atoms with Gasteiger partial charge in [0.25, 0.3) is 0 Å². The van der Waals surface area contributed by atoms with E-state index in [1.54, 1.807) is 11.1 Å². The third kappa shape index (κ3) is 10.2. The fourth-order valence-electron chi connectivity index (χ4n) is 14.0. The van der Waals surface area contributed by atoms with Crippen molar-refractivity contribution in [1.29, 1.82) is 0 Å². The molecule has 2 fully saturated rings. The summed E-state index contributed by atoms with van der Waals surface area (Å²) < 4.78 is 0. The molecule has 2 aliphatic rings. The van der Waals surface area contributed by atoms with Crippen LogP contribution in [0.1, 0.15) is 109 Å². The lowest BCUT2D eigenvalue weighted by Gasteiger charge is -2.31. The predicted molar refractivity (Wildman–Crippen MR) is 374 cm³/mol. The fraction of sp³-hybridized carbons (Fsp3) is 0.143. The number of aryl methyl sites for hydroxylation is 2. The molecule has 15 rings (SSSR count). The van der Waals surface area contributed by atoms with Crippen LogP contribution in [0.15, 0.2) is 242 Å².